The number of carbonyl (C=O) groups is 1. The Morgan fingerprint density at radius 1 is 1.22 bits per heavy atom. The lowest BCUT2D eigenvalue weighted by Gasteiger charge is -2.07. The van der Waals surface area contributed by atoms with Gasteiger partial charge in [0, 0.05) is 18.1 Å². The van der Waals surface area contributed by atoms with Crippen LogP contribution in [0.5, 0.6) is 0 Å². The molecule has 1 aromatic heterocycles. The van der Waals surface area contributed by atoms with E-state index in [1.165, 1.54) is 0 Å². The number of benzene rings is 1. The number of hydrogen-bond acceptors (Lipinski definition) is 4. The van der Waals surface area contributed by atoms with E-state index >= 15 is 0 Å². The van der Waals surface area contributed by atoms with Gasteiger partial charge in [-0.1, -0.05) is 6.07 Å². The summed E-state index contributed by atoms with van der Waals surface area (Å²) < 4.78 is 0. The summed E-state index contributed by atoms with van der Waals surface area (Å²) in [7, 11) is 0. The zero-order chi connectivity index (χ0) is 13.1. The Labute approximate surface area is 105 Å². The van der Waals surface area contributed by atoms with Crippen LogP contribution in [-0.4, -0.2) is 21.0 Å². The molecule has 0 aliphatic carbocycles. The van der Waals surface area contributed by atoms with Gasteiger partial charge in [-0.2, -0.15) is 0 Å². The normalized spacial score (nSPS) is 10.1. The Kier molecular flexibility index (Phi) is 3.23. The molecule has 5 heteroatoms. The first-order chi connectivity index (χ1) is 8.56. The summed E-state index contributed by atoms with van der Waals surface area (Å²) in [6.07, 6.45) is 3.39. The summed E-state index contributed by atoms with van der Waals surface area (Å²) >= 11 is 0. The maximum absolute atomic E-state index is 11.0. The highest BCUT2D eigenvalue weighted by molar-refractivity contribution is 5.90. The average Bonchev–Trinajstić information content (AvgIpc) is 2.34. The molecule has 1 heterocycles. The number of aromatic carboxylic acids is 1. The number of aromatic nitrogens is 2. The fourth-order valence-corrected chi connectivity index (χ4v) is 1.52. The molecule has 5 nitrogen and oxygen atoms in total. The summed E-state index contributed by atoms with van der Waals surface area (Å²) in [5, 5.41) is 12.0. The molecule has 0 saturated heterocycles. The second kappa shape index (κ2) is 4.83. The van der Waals surface area contributed by atoms with Crippen molar-refractivity contribution in [1.29, 1.82) is 0 Å². The van der Waals surface area contributed by atoms with Gasteiger partial charge >= 0.3 is 5.97 Å². The summed E-state index contributed by atoms with van der Waals surface area (Å²) in [5.41, 5.74) is 2.61. The van der Waals surface area contributed by atoms with Crippen molar-refractivity contribution < 1.29 is 9.90 Å². The highest BCUT2D eigenvalue weighted by Crippen LogP contribution is 2.18. The zero-order valence-electron chi connectivity index (χ0n) is 10.1. The summed E-state index contributed by atoms with van der Waals surface area (Å²) in [6.45, 7) is 3.66. The molecule has 0 unspecified atom stereocenters. The molecular weight excluding hydrogens is 230 g/mol. The van der Waals surface area contributed by atoms with Crippen molar-refractivity contribution in [3.05, 3.63) is 47.3 Å². The van der Waals surface area contributed by atoms with E-state index in [2.05, 4.69) is 15.3 Å². The van der Waals surface area contributed by atoms with E-state index in [0.29, 0.717) is 11.6 Å². The molecule has 2 rings (SSSR count). The van der Waals surface area contributed by atoms with E-state index in [0.717, 1.165) is 11.1 Å². The van der Waals surface area contributed by atoms with Crippen molar-refractivity contribution in [3.63, 3.8) is 0 Å². The van der Waals surface area contributed by atoms with Crippen molar-refractivity contribution in [2.24, 2.45) is 0 Å². The lowest BCUT2D eigenvalue weighted by molar-refractivity contribution is 0.0696. The van der Waals surface area contributed by atoms with Crippen LogP contribution in [0.1, 0.15) is 21.5 Å². The fourth-order valence-electron chi connectivity index (χ4n) is 1.52. The fraction of sp³-hybridized carbons (Fsp3) is 0.154. The maximum atomic E-state index is 11.0. The predicted octanol–water partition coefficient (Wildman–Crippen LogP) is 2.54. The molecule has 0 saturated carbocycles. The summed E-state index contributed by atoms with van der Waals surface area (Å²) in [6, 6.07) is 5.12. The monoisotopic (exact) mass is 243 g/mol. The van der Waals surface area contributed by atoms with Gasteiger partial charge in [0.25, 0.3) is 0 Å². The molecule has 1 aromatic carbocycles. The summed E-state index contributed by atoms with van der Waals surface area (Å²) in [5.74, 6) is -0.498. The molecule has 0 aliphatic heterocycles. The van der Waals surface area contributed by atoms with Gasteiger partial charge in [-0.25, -0.2) is 14.8 Å². The number of nitrogens with one attached hydrogen (secondary N) is 1. The molecular formula is C13H13N3O2. The average molecular weight is 243 g/mol. The second-order valence-electron chi connectivity index (χ2n) is 4.04. The molecule has 0 fully saturated rings. The van der Waals surface area contributed by atoms with E-state index in [4.69, 9.17) is 5.11 Å². The standard InChI is InChI=1S/C13H13N3O2/c1-8-6-14-13(15-7-8)16-10-4-3-9(2)11(5-10)12(17)18/h3-7H,1-2H3,(H,17,18)(H,14,15,16). The molecule has 0 radical (unpaired) electrons. The lowest BCUT2D eigenvalue weighted by atomic mass is 10.1. The van der Waals surface area contributed by atoms with Gasteiger partial charge in [0.05, 0.1) is 5.56 Å². The van der Waals surface area contributed by atoms with Crippen molar-refractivity contribution in [1.82, 2.24) is 9.97 Å². The number of hydrogen-bond donors (Lipinski definition) is 2. The number of carboxylic acid groups (broad SMARTS) is 1. The molecule has 2 N–H and O–H groups in total. The Bertz CT molecular complexity index is 579. The van der Waals surface area contributed by atoms with Crippen LogP contribution < -0.4 is 5.32 Å². The first-order valence-corrected chi connectivity index (χ1v) is 5.46. The van der Waals surface area contributed by atoms with Crippen LogP contribution in [0.4, 0.5) is 11.6 Å². The molecule has 92 valence electrons. The number of nitrogens with zero attached hydrogens (tertiary/aromatic N) is 2. The lowest BCUT2D eigenvalue weighted by Crippen LogP contribution is -2.02. The Morgan fingerprint density at radius 2 is 1.89 bits per heavy atom. The SMILES string of the molecule is Cc1cnc(Nc2ccc(C)c(C(=O)O)c2)nc1. The van der Waals surface area contributed by atoms with Gasteiger partial charge in [-0.05, 0) is 37.1 Å². The molecule has 0 aliphatic rings. The predicted molar refractivity (Wildman–Crippen MR) is 68.2 cm³/mol. The van der Waals surface area contributed by atoms with Gasteiger partial charge in [-0.15, -0.1) is 0 Å². The van der Waals surface area contributed by atoms with E-state index in [1.807, 2.05) is 6.92 Å². The Balaban J connectivity index is 2.27. The first-order valence-electron chi connectivity index (χ1n) is 5.46. The molecule has 18 heavy (non-hydrogen) atoms. The second-order valence-corrected chi connectivity index (χ2v) is 4.04. The van der Waals surface area contributed by atoms with Crippen LogP contribution in [0.2, 0.25) is 0 Å². The third-order valence-corrected chi connectivity index (χ3v) is 2.51. The van der Waals surface area contributed by atoms with Gasteiger partial charge in [0.1, 0.15) is 0 Å². The minimum absolute atomic E-state index is 0.270. The first kappa shape index (κ1) is 12.0. The number of carboxylic acids is 1. The van der Waals surface area contributed by atoms with Crippen molar-refractivity contribution in [2.45, 2.75) is 13.8 Å². The zero-order valence-corrected chi connectivity index (χ0v) is 10.1. The number of aryl methyl sites for hydroxylation is 2. The number of anilines is 2. The molecule has 2 aromatic rings. The van der Waals surface area contributed by atoms with Crippen LogP contribution in [0.3, 0.4) is 0 Å². The van der Waals surface area contributed by atoms with Gasteiger partial charge in [0.2, 0.25) is 5.95 Å². The van der Waals surface area contributed by atoms with Crippen LogP contribution in [-0.2, 0) is 0 Å². The van der Waals surface area contributed by atoms with E-state index in [-0.39, 0.29) is 5.56 Å². The Hall–Kier alpha value is -2.43. The quantitative estimate of drug-likeness (QED) is 0.866. The van der Waals surface area contributed by atoms with Gasteiger partial charge in [-0.3, -0.25) is 0 Å². The van der Waals surface area contributed by atoms with Crippen LogP contribution in [0.15, 0.2) is 30.6 Å². The van der Waals surface area contributed by atoms with Crippen LogP contribution >= 0.6 is 0 Å². The Morgan fingerprint density at radius 3 is 2.50 bits per heavy atom. The van der Waals surface area contributed by atoms with Crippen LogP contribution in [0.25, 0.3) is 0 Å². The van der Waals surface area contributed by atoms with E-state index in [9.17, 15) is 4.79 Å². The van der Waals surface area contributed by atoms with E-state index in [1.54, 1.807) is 37.5 Å². The van der Waals surface area contributed by atoms with Crippen molar-refractivity contribution in [3.8, 4) is 0 Å². The smallest absolute Gasteiger partial charge is 0.336 e. The van der Waals surface area contributed by atoms with Gasteiger partial charge in [0.15, 0.2) is 0 Å². The van der Waals surface area contributed by atoms with Crippen LogP contribution in [0, 0.1) is 13.8 Å². The van der Waals surface area contributed by atoms with Gasteiger partial charge < -0.3 is 10.4 Å². The molecule has 0 spiro atoms. The highest BCUT2D eigenvalue weighted by Gasteiger charge is 2.08. The van der Waals surface area contributed by atoms with Crippen molar-refractivity contribution in [2.75, 3.05) is 5.32 Å². The number of rotatable bonds is 3. The maximum Gasteiger partial charge on any atom is 0.336 e. The van der Waals surface area contributed by atoms with E-state index < -0.39 is 5.97 Å². The summed E-state index contributed by atoms with van der Waals surface area (Å²) in [4.78, 5) is 19.2. The minimum atomic E-state index is -0.944. The third-order valence-electron chi connectivity index (χ3n) is 2.51. The molecule has 0 atom stereocenters. The van der Waals surface area contributed by atoms with Crippen molar-refractivity contribution >= 4 is 17.6 Å². The topological polar surface area (TPSA) is 75.1 Å². The minimum Gasteiger partial charge on any atom is -0.478 e. The largest absolute Gasteiger partial charge is 0.478 e. The third kappa shape index (κ3) is 2.63. The highest BCUT2D eigenvalue weighted by atomic mass is 16.4. The molecule has 0 bridgehead atoms. The molecule has 0 amide bonds.